The van der Waals surface area contributed by atoms with Crippen molar-refractivity contribution in [1.29, 1.82) is 0 Å². The monoisotopic (exact) mass is 1050 g/mol. The van der Waals surface area contributed by atoms with E-state index in [-0.39, 0.29) is 6.04 Å². The van der Waals surface area contributed by atoms with Crippen molar-refractivity contribution in [2.24, 2.45) is 0 Å². The van der Waals surface area contributed by atoms with Crippen LogP contribution in [0.5, 0.6) is 0 Å². The molecular formula is C41H90N4O18S3Si. The number of aliphatic hydroxyl groups is 6. The van der Waals surface area contributed by atoms with Crippen LogP contribution >= 0.6 is 0 Å². The maximum Gasteiger partial charge on any atom is 0.501 e. The van der Waals surface area contributed by atoms with Gasteiger partial charge in [-0.25, -0.2) is 8.42 Å². The normalized spacial score (nSPS) is 13.8. The van der Waals surface area contributed by atoms with E-state index in [4.69, 9.17) is 13.3 Å². The number of hydrogen-bond acceptors (Lipinski definition) is 19. The van der Waals surface area contributed by atoms with E-state index in [9.17, 15) is 69.6 Å². The average molecular weight is 1050 g/mol. The molecule has 0 rings (SSSR count). The first-order valence-electron chi connectivity index (χ1n) is 23.9. The number of nitrogens with one attached hydrogen (secondary N) is 3. The van der Waals surface area contributed by atoms with Crippen molar-refractivity contribution in [3.63, 3.8) is 0 Å². The first kappa shape index (κ1) is 66.4. The molecule has 404 valence electrons. The molecular weight excluding hydrogens is 961 g/mol. The van der Waals surface area contributed by atoms with Crippen LogP contribution in [0, 0.1) is 0 Å². The molecule has 0 bridgehead atoms. The van der Waals surface area contributed by atoms with Crippen LogP contribution in [0.1, 0.15) is 116 Å². The Bertz CT molecular complexity index is 1450. The second-order valence-corrected chi connectivity index (χ2v) is 26.1. The summed E-state index contributed by atoms with van der Waals surface area (Å²) in [5.74, 6) is -2.52. The summed E-state index contributed by atoms with van der Waals surface area (Å²) in [6, 6.07) is -0.0641. The lowest BCUT2D eigenvalue weighted by atomic mass is 10.0. The van der Waals surface area contributed by atoms with Gasteiger partial charge in [0.1, 0.15) is 0 Å². The zero-order chi connectivity index (χ0) is 51.0. The van der Waals surface area contributed by atoms with Crippen LogP contribution in [-0.4, -0.2) is 223 Å². The molecule has 0 radical (unpaired) electrons. The molecule has 11 N–H and O–H groups in total. The highest BCUT2D eigenvalue weighted by atomic mass is 32.2. The highest BCUT2D eigenvalue weighted by molar-refractivity contribution is 7.86. The van der Waals surface area contributed by atoms with Gasteiger partial charge in [-0.3, -0.25) is 9.11 Å². The van der Waals surface area contributed by atoms with Crippen LogP contribution in [0.3, 0.4) is 0 Å². The Kier molecular flexibility index (Phi) is 34.4. The van der Waals surface area contributed by atoms with Crippen molar-refractivity contribution in [2.75, 3.05) is 124 Å². The van der Waals surface area contributed by atoms with E-state index in [2.05, 4.69) is 22.9 Å². The summed E-state index contributed by atoms with van der Waals surface area (Å²) >= 11 is 0. The Labute approximate surface area is 403 Å². The number of nitrogens with zero attached hydrogens (tertiary/aromatic N) is 1. The second kappa shape index (κ2) is 34.7. The molecule has 67 heavy (non-hydrogen) atoms. The predicted octanol–water partition coefficient (Wildman–Crippen LogP) is -0.0371. The fraction of sp³-hybridized carbons (Fsp3) is 1.00. The fourth-order valence-corrected chi connectivity index (χ4v) is 11.1. The largest absolute Gasteiger partial charge is 0.748 e. The molecule has 0 aliphatic rings. The molecule has 0 unspecified atom stereocenters. The van der Waals surface area contributed by atoms with Crippen molar-refractivity contribution >= 4 is 39.2 Å². The molecule has 0 aromatic rings. The minimum absolute atomic E-state index is 0.0641. The van der Waals surface area contributed by atoms with Crippen LogP contribution in [-0.2, 0) is 43.6 Å². The van der Waals surface area contributed by atoms with Gasteiger partial charge in [-0.15, -0.1) is 0 Å². The first-order valence-corrected chi connectivity index (χ1v) is 30.6. The maximum absolute atomic E-state index is 11.5. The van der Waals surface area contributed by atoms with Crippen LogP contribution in [0.15, 0.2) is 0 Å². The van der Waals surface area contributed by atoms with Crippen LogP contribution in [0.4, 0.5) is 0 Å². The molecule has 0 atom stereocenters. The van der Waals surface area contributed by atoms with Crippen molar-refractivity contribution in [2.45, 2.75) is 139 Å². The maximum atomic E-state index is 11.5. The lowest BCUT2D eigenvalue weighted by Crippen LogP contribution is -2.64. The van der Waals surface area contributed by atoms with E-state index in [0.717, 1.165) is 32.2 Å². The summed E-state index contributed by atoms with van der Waals surface area (Å²) in [6.07, 6.45) is 20.2. The van der Waals surface area contributed by atoms with Gasteiger partial charge in [0.2, 0.25) is 0 Å². The van der Waals surface area contributed by atoms with Gasteiger partial charge in [0, 0.05) is 32.1 Å². The van der Waals surface area contributed by atoms with Gasteiger partial charge in [-0.2, -0.15) is 16.8 Å². The standard InChI is InChI=1S/C41H90N4O18S3Si/c1-4-5-6-7-8-9-10-11-12-13-14-15-16-17-18-19-24-45(2,3)25-20-29-67(61-36-39(30-46,31-47)42-21-26-64(52,53)54,62-37-40(32-48,33-49)43-22-27-65(55,56)57)63-38-41(34-50,35-51)44-23-28-66(58,59)60/h42-44,46-51H,4-38H2,1-3H3,(H2-,52,53,54,55,56,57,58,59,60). The fourth-order valence-electron chi connectivity index (χ4n) is 7.25. The SMILES string of the molecule is CCCCCCCCCCCCCCCCCC[N+](C)(C)CCC[Si](OCC(CO)(CO)NCCS(=O)(=O)[O-])(OCC(CO)(CO)NCCS(=O)(=O)O)OCC(CO)(CO)NCCS(=O)(=O)O. The molecule has 0 aliphatic heterocycles. The van der Waals surface area contributed by atoms with Gasteiger partial charge in [-0.1, -0.05) is 96.8 Å². The summed E-state index contributed by atoms with van der Waals surface area (Å²) < 4.78 is 118. The van der Waals surface area contributed by atoms with Gasteiger partial charge in [0.15, 0.2) is 0 Å². The molecule has 0 spiro atoms. The van der Waals surface area contributed by atoms with Crippen molar-refractivity contribution < 1.29 is 87.3 Å². The Morgan fingerprint density at radius 1 is 0.478 bits per heavy atom. The number of quaternary nitrogens is 1. The van der Waals surface area contributed by atoms with Gasteiger partial charge >= 0.3 is 8.80 Å². The Balaban J connectivity index is 6.29. The zero-order valence-corrected chi connectivity index (χ0v) is 44.0. The Morgan fingerprint density at radius 2 is 0.761 bits per heavy atom. The first-order chi connectivity index (χ1) is 31.4. The van der Waals surface area contributed by atoms with E-state index < -0.39 is 152 Å². The Morgan fingerprint density at radius 3 is 1.04 bits per heavy atom. The third-order valence-electron chi connectivity index (χ3n) is 12.0. The van der Waals surface area contributed by atoms with E-state index in [1.807, 2.05) is 14.1 Å². The van der Waals surface area contributed by atoms with Gasteiger partial charge in [0.25, 0.3) is 20.2 Å². The number of unbranched alkanes of at least 4 members (excludes halogenated alkanes) is 15. The average Bonchev–Trinajstić information content (AvgIpc) is 3.26. The quantitative estimate of drug-likeness (QED) is 0.0165. The van der Waals surface area contributed by atoms with Gasteiger partial charge in [0.05, 0.1) is 131 Å². The highest BCUT2D eigenvalue weighted by Crippen LogP contribution is 2.26. The number of hydrogen-bond donors (Lipinski definition) is 11. The van der Waals surface area contributed by atoms with Crippen molar-refractivity contribution in [3.8, 4) is 0 Å². The summed E-state index contributed by atoms with van der Waals surface area (Å²) in [5.41, 5.74) is -5.39. The molecule has 0 amide bonds. The van der Waals surface area contributed by atoms with Crippen molar-refractivity contribution in [3.05, 3.63) is 0 Å². The predicted molar refractivity (Wildman–Crippen MR) is 257 cm³/mol. The molecule has 0 aromatic heterocycles. The minimum Gasteiger partial charge on any atom is -0.748 e. The summed E-state index contributed by atoms with van der Waals surface area (Å²) in [6.45, 7) is -4.93. The molecule has 0 fully saturated rings. The lowest BCUT2D eigenvalue weighted by Gasteiger charge is -2.41. The number of rotatable bonds is 48. The van der Waals surface area contributed by atoms with Gasteiger partial charge in [-0.05, 0) is 12.8 Å². The van der Waals surface area contributed by atoms with Gasteiger partial charge < -0.3 is 68.9 Å². The molecule has 0 aliphatic carbocycles. The lowest BCUT2D eigenvalue weighted by molar-refractivity contribution is -0.890. The third kappa shape index (κ3) is 32.9. The van der Waals surface area contributed by atoms with Crippen LogP contribution in [0.2, 0.25) is 6.04 Å². The van der Waals surface area contributed by atoms with Crippen LogP contribution < -0.4 is 16.0 Å². The number of aliphatic hydroxyl groups excluding tert-OH is 6. The Hall–Kier alpha value is -0.573. The minimum atomic E-state index is -4.72. The molecule has 0 saturated carbocycles. The summed E-state index contributed by atoms with van der Waals surface area (Å²) in [7, 11) is -14.0. The highest BCUT2D eigenvalue weighted by Gasteiger charge is 2.48. The molecule has 0 saturated heterocycles. The van der Waals surface area contributed by atoms with E-state index in [0.29, 0.717) is 17.4 Å². The third-order valence-corrected chi connectivity index (χ3v) is 16.8. The second-order valence-electron chi connectivity index (χ2n) is 18.7. The van der Waals surface area contributed by atoms with Crippen LogP contribution in [0.25, 0.3) is 0 Å². The molecule has 0 aromatic carbocycles. The zero-order valence-electron chi connectivity index (χ0n) is 40.6. The topological polar surface area (TPSA) is 351 Å². The molecule has 22 nitrogen and oxygen atoms in total. The summed E-state index contributed by atoms with van der Waals surface area (Å²) in [5, 5.41) is 70.6. The smallest absolute Gasteiger partial charge is 0.501 e. The van der Waals surface area contributed by atoms with E-state index >= 15 is 0 Å². The molecule has 0 heterocycles. The van der Waals surface area contributed by atoms with E-state index in [1.165, 1.54) is 77.0 Å². The van der Waals surface area contributed by atoms with E-state index in [1.54, 1.807) is 0 Å². The molecule has 26 heteroatoms. The van der Waals surface area contributed by atoms with Crippen molar-refractivity contribution in [1.82, 2.24) is 16.0 Å². The summed E-state index contributed by atoms with van der Waals surface area (Å²) in [4.78, 5) is 0.